The molecule has 0 rings (SSSR count). The van der Waals surface area contributed by atoms with Gasteiger partial charge in [0, 0.05) is 19.1 Å². The average molecular weight is 363 g/mol. The molecule has 7 nitrogen and oxygen atoms in total. The number of nitrogens with one attached hydrogen (secondary N) is 1. The van der Waals surface area contributed by atoms with Crippen molar-refractivity contribution in [1.82, 2.24) is 5.32 Å². The Balaban J connectivity index is 3.06. The molecule has 0 atom stereocenters. The molecule has 0 aromatic carbocycles. The molecule has 0 spiro atoms. The third-order valence-electron chi connectivity index (χ3n) is 3.01. The molecule has 7 heteroatoms. The van der Waals surface area contributed by atoms with Crippen molar-refractivity contribution < 1.29 is 28.5 Å². The minimum atomic E-state index is 0.00643. The Morgan fingerprint density at radius 1 is 0.680 bits per heavy atom. The molecule has 0 aromatic rings. The van der Waals surface area contributed by atoms with Gasteiger partial charge in [-0.25, -0.2) is 0 Å². The van der Waals surface area contributed by atoms with E-state index < -0.39 is 0 Å². The number of rotatable bonds is 18. The van der Waals surface area contributed by atoms with Crippen LogP contribution in [0.3, 0.4) is 0 Å². The lowest BCUT2D eigenvalue weighted by atomic mass is 10.2. The van der Waals surface area contributed by atoms with Crippen LogP contribution in [0.2, 0.25) is 0 Å². The minimum absolute atomic E-state index is 0.00643. The van der Waals surface area contributed by atoms with Crippen LogP contribution in [0.4, 0.5) is 0 Å². The molecule has 0 unspecified atom stereocenters. The molecule has 0 saturated heterocycles. The summed E-state index contributed by atoms with van der Waals surface area (Å²) in [7, 11) is 0. The quantitative estimate of drug-likeness (QED) is 0.372. The predicted molar refractivity (Wildman–Crippen MR) is 96.8 cm³/mol. The lowest BCUT2D eigenvalue weighted by molar-refractivity contribution is -0.124. The molecule has 150 valence electrons. The van der Waals surface area contributed by atoms with Gasteiger partial charge in [-0.15, -0.1) is 0 Å². The predicted octanol–water partition coefficient (Wildman–Crippen LogP) is 1.50. The maximum Gasteiger partial charge on any atom is 0.222 e. The van der Waals surface area contributed by atoms with E-state index in [0.29, 0.717) is 71.9 Å². The molecule has 0 radical (unpaired) electrons. The highest BCUT2D eigenvalue weighted by Crippen LogP contribution is 1.92. The van der Waals surface area contributed by atoms with Crippen molar-refractivity contribution >= 4 is 5.91 Å². The maximum absolute atomic E-state index is 11.3. The molecule has 0 heterocycles. The molecule has 0 aromatic heterocycles. The van der Waals surface area contributed by atoms with Crippen molar-refractivity contribution in [2.75, 3.05) is 72.6 Å². The molecule has 25 heavy (non-hydrogen) atoms. The topological polar surface area (TPSA) is 75.2 Å². The molecule has 1 N–H and O–H groups in total. The molecule has 0 aliphatic carbocycles. The van der Waals surface area contributed by atoms with E-state index in [1.54, 1.807) is 0 Å². The Kier molecular flexibility index (Phi) is 17.5. The van der Waals surface area contributed by atoms with E-state index >= 15 is 0 Å². The monoisotopic (exact) mass is 363 g/mol. The van der Waals surface area contributed by atoms with Crippen LogP contribution >= 0.6 is 0 Å². The molecule has 0 bridgehead atoms. The van der Waals surface area contributed by atoms with Crippen molar-refractivity contribution in [3.05, 3.63) is 0 Å². The highest BCUT2D eigenvalue weighted by molar-refractivity contribution is 5.77. The second-order valence-corrected chi connectivity index (χ2v) is 6.36. The lowest BCUT2D eigenvalue weighted by Crippen LogP contribution is -2.31. The molecule has 0 fully saturated rings. The van der Waals surface area contributed by atoms with Gasteiger partial charge in [-0.05, 0) is 5.92 Å². The third-order valence-corrected chi connectivity index (χ3v) is 3.01. The fourth-order valence-electron chi connectivity index (χ4n) is 1.65. The maximum atomic E-state index is 11.3. The van der Waals surface area contributed by atoms with Gasteiger partial charge in [-0.1, -0.05) is 27.7 Å². The third kappa shape index (κ3) is 19.4. The molecular weight excluding hydrogens is 326 g/mol. The van der Waals surface area contributed by atoms with Crippen LogP contribution in [-0.2, 0) is 28.5 Å². The summed E-state index contributed by atoms with van der Waals surface area (Å²) in [5.41, 5.74) is 0. The van der Waals surface area contributed by atoms with Gasteiger partial charge in [0.15, 0.2) is 0 Å². The van der Waals surface area contributed by atoms with Crippen LogP contribution in [-0.4, -0.2) is 78.5 Å². The first-order valence-corrected chi connectivity index (χ1v) is 9.20. The normalized spacial score (nSPS) is 11.4. The zero-order chi connectivity index (χ0) is 18.8. The van der Waals surface area contributed by atoms with Gasteiger partial charge in [-0.2, -0.15) is 0 Å². The van der Waals surface area contributed by atoms with Crippen molar-refractivity contribution in [3.8, 4) is 0 Å². The van der Waals surface area contributed by atoms with Crippen LogP contribution in [0.25, 0.3) is 0 Å². The Bertz CT molecular complexity index is 299. The van der Waals surface area contributed by atoms with E-state index in [1.165, 1.54) is 0 Å². The first-order valence-electron chi connectivity index (χ1n) is 9.20. The molecule has 1 amide bonds. The number of hydrogen-bond donors (Lipinski definition) is 1. The van der Waals surface area contributed by atoms with Gasteiger partial charge < -0.3 is 29.0 Å². The number of amides is 1. The molecule has 0 aliphatic rings. The van der Waals surface area contributed by atoms with Gasteiger partial charge in [-0.3, -0.25) is 4.79 Å². The van der Waals surface area contributed by atoms with E-state index in [0.717, 1.165) is 6.61 Å². The fourth-order valence-corrected chi connectivity index (χ4v) is 1.65. The Labute approximate surface area is 152 Å². The van der Waals surface area contributed by atoms with E-state index in [4.69, 9.17) is 23.7 Å². The van der Waals surface area contributed by atoms with Gasteiger partial charge in [0.05, 0.1) is 59.5 Å². The second kappa shape index (κ2) is 18.1. The van der Waals surface area contributed by atoms with E-state index in [9.17, 15) is 4.79 Å². The largest absolute Gasteiger partial charge is 0.379 e. The van der Waals surface area contributed by atoms with Crippen molar-refractivity contribution in [1.29, 1.82) is 0 Å². The van der Waals surface area contributed by atoms with Gasteiger partial charge in [0.1, 0.15) is 0 Å². The van der Waals surface area contributed by atoms with E-state index in [-0.39, 0.29) is 11.8 Å². The highest BCUT2D eigenvalue weighted by Gasteiger charge is 2.04. The average Bonchev–Trinajstić information content (AvgIpc) is 2.57. The smallest absolute Gasteiger partial charge is 0.222 e. The minimum Gasteiger partial charge on any atom is -0.379 e. The summed E-state index contributed by atoms with van der Waals surface area (Å²) in [4.78, 5) is 11.3. The first-order chi connectivity index (χ1) is 12.0. The Morgan fingerprint density at radius 2 is 1.08 bits per heavy atom. The standard InChI is InChI=1S/C18H37NO6/c1-16(2)15-25-14-13-24-12-11-23-10-9-22-8-7-21-6-5-19-18(20)17(3)4/h16-17H,5-15H2,1-4H3,(H,19,20). The van der Waals surface area contributed by atoms with Crippen molar-refractivity contribution in [2.45, 2.75) is 27.7 Å². The molecular formula is C18H37NO6. The van der Waals surface area contributed by atoms with E-state index in [2.05, 4.69) is 19.2 Å². The van der Waals surface area contributed by atoms with Crippen molar-refractivity contribution in [2.24, 2.45) is 11.8 Å². The molecule has 0 saturated carbocycles. The van der Waals surface area contributed by atoms with Gasteiger partial charge >= 0.3 is 0 Å². The number of carbonyl (C=O) groups excluding carboxylic acids is 1. The summed E-state index contributed by atoms with van der Waals surface area (Å²) >= 11 is 0. The van der Waals surface area contributed by atoms with Crippen LogP contribution in [0.1, 0.15) is 27.7 Å². The number of hydrogen-bond acceptors (Lipinski definition) is 6. The Morgan fingerprint density at radius 3 is 1.48 bits per heavy atom. The summed E-state index contributed by atoms with van der Waals surface area (Å²) in [6, 6.07) is 0. The van der Waals surface area contributed by atoms with Crippen molar-refractivity contribution in [3.63, 3.8) is 0 Å². The van der Waals surface area contributed by atoms with E-state index in [1.807, 2.05) is 13.8 Å². The summed E-state index contributed by atoms with van der Waals surface area (Å²) in [5, 5.41) is 2.79. The van der Waals surface area contributed by atoms with Gasteiger partial charge in [0.2, 0.25) is 5.91 Å². The Hall–Kier alpha value is -0.730. The number of carbonyl (C=O) groups is 1. The zero-order valence-corrected chi connectivity index (χ0v) is 16.4. The first kappa shape index (κ1) is 24.3. The summed E-state index contributed by atoms with van der Waals surface area (Å²) in [6.45, 7) is 14.2. The van der Waals surface area contributed by atoms with Crippen LogP contribution in [0, 0.1) is 11.8 Å². The van der Waals surface area contributed by atoms with Crippen LogP contribution in [0.15, 0.2) is 0 Å². The summed E-state index contributed by atoms with van der Waals surface area (Å²) in [5.74, 6) is 0.607. The summed E-state index contributed by atoms with van der Waals surface area (Å²) in [6.07, 6.45) is 0. The highest BCUT2D eigenvalue weighted by atomic mass is 16.6. The SMILES string of the molecule is CC(C)COCCOCCOCCOCCOCCNC(=O)C(C)C. The lowest BCUT2D eigenvalue weighted by Gasteiger charge is -2.09. The van der Waals surface area contributed by atoms with Crippen LogP contribution < -0.4 is 5.32 Å². The summed E-state index contributed by atoms with van der Waals surface area (Å²) < 4.78 is 26.9. The second-order valence-electron chi connectivity index (χ2n) is 6.36. The fraction of sp³-hybridized carbons (Fsp3) is 0.944. The van der Waals surface area contributed by atoms with Gasteiger partial charge in [0.25, 0.3) is 0 Å². The molecule has 0 aliphatic heterocycles. The number of ether oxygens (including phenoxy) is 5. The zero-order valence-electron chi connectivity index (χ0n) is 16.4. The van der Waals surface area contributed by atoms with Crippen LogP contribution in [0.5, 0.6) is 0 Å².